The van der Waals surface area contributed by atoms with Crippen LogP contribution in [0.4, 0.5) is 0 Å². The predicted molar refractivity (Wildman–Crippen MR) is 107 cm³/mol. The minimum atomic E-state index is -0.352. The van der Waals surface area contributed by atoms with Gasteiger partial charge in [-0.1, -0.05) is 24.3 Å². The van der Waals surface area contributed by atoms with E-state index in [1.54, 1.807) is 19.0 Å². The number of likely N-dealkylation sites (tertiary alicyclic amines) is 1. The fourth-order valence-corrected chi connectivity index (χ4v) is 4.82. The van der Waals surface area contributed by atoms with E-state index in [4.69, 9.17) is 4.74 Å². The van der Waals surface area contributed by atoms with Crippen molar-refractivity contribution in [1.29, 1.82) is 0 Å². The van der Waals surface area contributed by atoms with Gasteiger partial charge in [-0.25, -0.2) is 0 Å². The molecule has 1 aromatic carbocycles. The smallest absolute Gasteiger partial charge is 0.241 e. The van der Waals surface area contributed by atoms with Crippen LogP contribution in [-0.4, -0.2) is 85.0 Å². The number of ether oxygens (including phenoxy) is 1. The van der Waals surface area contributed by atoms with Gasteiger partial charge in [0.05, 0.1) is 25.2 Å². The van der Waals surface area contributed by atoms with Crippen molar-refractivity contribution in [2.24, 2.45) is 0 Å². The van der Waals surface area contributed by atoms with E-state index in [2.05, 4.69) is 29.2 Å². The molecule has 0 unspecified atom stereocenters. The lowest BCUT2D eigenvalue weighted by Gasteiger charge is -2.42. The Balaban J connectivity index is 1.34. The zero-order valence-corrected chi connectivity index (χ0v) is 17.0. The standard InChI is InChI=1S/C22H31N3O3/c1-23(2)21(27)16-25-11-12-28-22(15-20(25)26)7-9-24(10-8-22)19-13-17-5-3-4-6-18(17)14-19/h3-6,19H,7-16H2,1-2H3. The van der Waals surface area contributed by atoms with Gasteiger partial charge in [-0.2, -0.15) is 0 Å². The van der Waals surface area contributed by atoms with Crippen LogP contribution in [0.3, 0.4) is 0 Å². The summed E-state index contributed by atoms with van der Waals surface area (Å²) in [6.45, 7) is 3.12. The normalized spacial score (nSPS) is 22.9. The number of fused-ring (bicyclic) bond motifs is 1. The largest absolute Gasteiger partial charge is 0.373 e. The number of benzene rings is 1. The minimum Gasteiger partial charge on any atom is -0.373 e. The number of likely N-dealkylation sites (N-methyl/N-ethyl adjacent to an activating group) is 1. The zero-order chi connectivity index (χ0) is 19.7. The molecule has 2 fully saturated rings. The molecule has 1 spiro atoms. The molecule has 2 heterocycles. The first-order chi connectivity index (χ1) is 13.5. The summed E-state index contributed by atoms with van der Waals surface area (Å²) in [4.78, 5) is 30.6. The van der Waals surface area contributed by atoms with E-state index in [0.29, 0.717) is 25.6 Å². The average Bonchev–Trinajstić information content (AvgIpc) is 3.05. The van der Waals surface area contributed by atoms with Crippen LogP contribution in [0.5, 0.6) is 0 Å². The number of carbonyl (C=O) groups excluding carboxylic acids is 2. The highest BCUT2D eigenvalue weighted by Crippen LogP contribution is 2.35. The van der Waals surface area contributed by atoms with Crippen LogP contribution >= 0.6 is 0 Å². The van der Waals surface area contributed by atoms with E-state index in [1.807, 2.05) is 0 Å². The highest BCUT2D eigenvalue weighted by Gasteiger charge is 2.42. The number of amides is 2. The summed E-state index contributed by atoms with van der Waals surface area (Å²) >= 11 is 0. The van der Waals surface area contributed by atoms with Crippen molar-refractivity contribution in [3.05, 3.63) is 35.4 Å². The number of hydrogen-bond acceptors (Lipinski definition) is 4. The van der Waals surface area contributed by atoms with E-state index in [0.717, 1.165) is 38.8 Å². The van der Waals surface area contributed by atoms with Crippen LogP contribution in [0.15, 0.2) is 24.3 Å². The summed E-state index contributed by atoms with van der Waals surface area (Å²) in [6.07, 6.45) is 4.43. The lowest BCUT2D eigenvalue weighted by Crippen LogP contribution is -2.50. The molecule has 152 valence electrons. The Kier molecular flexibility index (Phi) is 5.43. The molecular formula is C22H31N3O3. The van der Waals surface area contributed by atoms with Crippen LogP contribution in [-0.2, 0) is 27.2 Å². The Hall–Kier alpha value is -1.92. The van der Waals surface area contributed by atoms with Gasteiger partial charge in [0.2, 0.25) is 11.8 Å². The fourth-order valence-electron chi connectivity index (χ4n) is 4.82. The topological polar surface area (TPSA) is 53.1 Å². The summed E-state index contributed by atoms with van der Waals surface area (Å²) in [7, 11) is 3.44. The maximum absolute atomic E-state index is 12.8. The first-order valence-corrected chi connectivity index (χ1v) is 10.4. The van der Waals surface area contributed by atoms with Gasteiger partial charge in [-0.15, -0.1) is 0 Å². The van der Waals surface area contributed by atoms with Gasteiger partial charge in [-0.05, 0) is 36.8 Å². The second-order valence-electron chi connectivity index (χ2n) is 8.68. The lowest BCUT2D eigenvalue weighted by molar-refractivity contribution is -0.141. The van der Waals surface area contributed by atoms with Crippen molar-refractivity contribution in [2.75, 3.05) is 46.9 Å². The van der Waals surface area contributed by atoms with E-state index < -0.39 is 0 Å². The second-order valence-corrected chi connectivity index (χ2v) is 8.68. The SMILES string of the molecule is CN(C)C(=O)CN1CCOC2(CCN(C3Cc4ccccc4C3)CC2)CC1=O. The highest BCUT2D eigenvalue weighted by molar-refractivity contribution is 5.85. The fraction of sp³-hybridized carbons (Fsp3) is 0.636. The van der Waals surface area contributed by atoms with Crippen LogP contribution in [0.1, 0.15) is 30.4 Å². The monoisotopic (exact) mass is 385 g/mol. The Morgan fingerprint density at radius 2 is 1.79 bits per heavy atom. The number of carbonyl (C=O) groups is 2. The number of hydrogen-bond donors (Lipinski definition) is 0. The quantitative estimate of drug-likeness (QED) is 0.788. The van der Waals surface area contributed by atoms with E-state index >= 15 is 0 Å². The summed E-state index contributed by atoms with van der Waals surface area (Å²) in [5.74, 6) is 0.00865. The number of rotatable bonds is 3. The van der Waals surface area contributed by atoms with Crippen LogP contribution < -0.4 is 0 Å². The van der Waals surface area contributed by atoms with Gasteiger partial charge in [0.1, 0.15) is 0 Å². The van der Waals surface area contributed by atoms with Crippen molar-refractivity contribution in [3.63, 3.8) is 0 Å². The van der Waals surface area contributed by atoms with Gasteiger partial charge < -0.3 is 14.5 Å². The molecule has 2 amide bonds. The molecule has 1 aromatic rings. The molecule has 2 aliphatic heterocycles. The summed E-state index contributed by atoms with van der Waals surface area (Å²) in [6, 6.07) is 9.33. The molecule has 0 radical (unpaired) electrons. The maximum atomic E-state index is 12.8. The second kappa shape index (κ2) is 7.84. The Bertz CT molecular complexity index is 715. The zero-order valence-electron chi connectivity index (χ0n) is 17.0. The molecule has 0 aromatic heterocycles. The number of piperidine rings is 1. The van der Waals surface area contributed by atoms with Crippen LogP contribution in [0.2, 0.25) is 0 Å². The molecular weight excluding hydrogens is 354 g/mol. The molecule has 28 heavy (non-hydrogen) atoms. The molecule has 1 aliphatic carbocycles. The van der Waals surface area contributed by atoms with E-state index in [9.17, 15) is 9.59 Å². The van der Waals surface area contributed by atoms with Gasteiger partial charge in [0, 0.05) is 39.8 Å². The lowest BCUT2D eigenvalue weighted by atomic mass is 9.86. The van der Waals surface area contributed by atoms with Gasteiger partial charge in [0.15, 0.2) is 0 Å². The maximum Gasteiger partial charge on any atom is 0.241 e. The molecule has 2 saturated heterocycles. The third kappa shape index (κ3) is 3.94. The predicted octanol–water partition coefficient (Wildman–Crippen LogP) is 1.33. The molecule has 0 bridgehead atoms. The molecule has 0 saturated carbocycles. The van der Waals surface area contributed by atoms with Crippen LogP contribution in [0.25, 0.3) is 0 Å². The first-order valence-electron chi connectivity index (χ1n) is 10.4. The van der Waals surface area contributed by atoms with Gasteiger partial charge >= 0.3 is 0 Å². The number of nitrogens with zero attached hydrogens (tertiary/aromatic N) is 3. The van der Waals surface area contributed by atoms with E-state index in [-0.39, 0.29) is 24.0 Å². The third-order valence-corrected chi connectivity index (χ3v) is 6.68. The Labute approximate surface area is 167 Å². The average molecular weight is 386 g/mol. The Morgan fingerprint density at radius 3 is 2.39 bits per heavy atom. The third-order valence-electron chi connectivity index (χ3n) is 6.68. The summed E-state index contributed by atoms with van der Waals surface area (Å²) in [5.41, 5.74) is 2.61. The molecule has 0 atom stereocenters. The molecule has 0 N–H and O–H groups in total. The summed E-state index contributed by atoms with van der Waals surface area (Å²) in [5, 5.41) is 0. The molecule has 6 nitrogen and oxygen atoms in total. The summed E-state index contributed by atoms with van der Waals surface area (Å²) < 4.78 is 6.23. The minimum absolute atomic E-state index is 0.0417. The van der Waals surface area contributed by atoms with Crippen molar-refractivity contribution >= 4 is 11.8 Å². The van der Waals surface area contributed by atoms with Gasteiger partial charge in [-0.3, -0.25) is 14.5 Å². The molecule has 4 rings (SSSR count). The van der Waals surface area contributed by atoms with Crippen molar-refractivity contribution < 1.29 is 14.3 Å². The van der Waals surface area contributed by atoms with Gasteiger partial charge in [0.25, 0.3) is 0 Å². The van der Waals surface area contributed by atoms with E-state index in [1.165, 1.54) is 16.0 Å². The Morgan fingerprint density at radius 1 is 1.14 bits per heavy atom. The highest BCUT2D eigenvalue weighted by atomic mass is 16.5. The van der Waals surface area contributed by atoms with Crippen molar-refractivity contribution in [1.82, 2.24) is 14.7 Å². The molecule has 6 heteroatoms. The van der Waals surface area contributed by atoms with Crippen molar-refractivity contribution in [3.8, 4) is 0 Å². The first kappa shape index (κ1) is 19.4. The van der Waals surface area contributed by atoms with Crippen molar-refractivity contribution in [2.45, 2.75) is 43.7 Å². The van der Waals surface area contributed by atoms with Crippen LogP contribution in [0, 0.1) is 0 Å². The molecule has 3 aliphatic rings.